The van der Waals surface area contributed by atoms with Crippen LogP contribution < -0.4 is 9.64 Å². The molecule has 0 saturated heterocycles. The number of methoxy groups -OCH3 is 1. The molecular weight excluding hydrogens is 292 g/mol. The molecule has 0 aromatic carbocycles. The third kappa shape index (κ3) is 2.34. The van der Waals surface area contributed by atoms with Crippen molar-refractivity contribution in [3.8, 4) is 5.88 Å². The summed E-state index contributed by atoms with van der Waals surface area (Å²) in [4.78, 5) is 13.1. The van der Waals surface area contributed by atoms with E-state index in [4.69, 9.17) is 4.74 Å². The molecule has 3 heterocycles. The molecule has 0 aliphatic carbocycles. The van der Waals surface area contributed by atoms with E-state index in [0.29, 0.717) is 5.88 Å². The minimum atomic E-state index is 0.665. The van der Waals surface area contributed by atoms with Crippen LogP contribution in [0.1, 0.15) is 10.4 Å². The van der Waals surface area contributed by atoms with Gasteiger partial charge in [-0.15, -0.1) is 11.3 Å². The molecule has 3 aromatic rings. The molecule has 0 saturated carbocycles. The van der Waals surface area contributed by atoms with Crippen LogP contribution in [0, 0.1) is 6.92 Å². The van der Waals surface area contributed by atoms with Crippen molar-refractivity contribution in [2.24, 2.45) is 0 Å². The maximum Gasteiger partial charge on any atom is 0.225 e. The molecule has 7 heteroatoms. The third-order valence-electron chi connectivity index (χ3n) is 3.04. The number of aryl methyl sites for hydroxylation is 1. The van der Waals surface area contributed by atoms with Crippen molar-refractivity contribution >= 4 is 38.9 Å². The summed E-state index contributed by atoms with van der Waals surface area (Å²) in [6, 6.07) is 1.96. The molecule has 0 spiro atoms. The highest BCUT2D eigenvalue weighted by molar-refractivity contribution is 7.17. The van der Waals surface area contributed by atoms with E-state index in [0.717, 1.165) is 27.5 Å². The molecule has 3 aromatic heterocycles. The summed E-state index contributed by atoms with van der Waals surface area (Å²) in [5, 5.41) is 3.25. The number of anilines is 1. The lowest BCUT2D eigenvalue weighted by atomic mass is 10.2. The van der Waals surface area contributed by atoms with Crippen molar-refractivity contribution in [1.29, 1.82) is 0 Å². The first-order valence-electron chi connectivity index (χ1n) is 6.08. The zero-order chi connectivity index (χ0) is 14.1. The fourth-order valence-corrected chi connectivity index (χ4v) is 3.68. The smallest absolute Gasteiger partial charge is 0.225 e. The number of rotatable bonds is 4. The Morgan fingerprint density at radius 2 is 2.20 bits per heavy atom. The molecule has 20 heavy (non-hydrogen) atoms. The second-order valence-corrected chi connectivity index (χ2v) is 6.24. The molecule has 0 bridgehead atoms. The molecule has 104 valence electrons. The van der Waals surface area contributed by atoms with Gasteiger partial charge in [-0.05, 0) is 29.4 Å². The largest absolute Gasteiger partial charge is 0.480 e. The van der Waals surface area contributed by atoms with Crippen LogP contribution in [0.15, 0.2) is 17.8 Å². The maximum atomic E-state index is 5.12. The second-order valence-electron chi connectivity index (χ2n) is 4.49. The highest BCUT2D eigenvalue weighted by Gasteiger charge is 2.14. The van der Waals surface area contributed by atoms with Crippen LogP contribution in [0.4, 0.5) is 5.82 Å². The highest BCUT2D eigenvalue weighted by Crippen LogP contribution is 2.31. The van der Waals surface area contributed by atoms with E-state index in [1.165, 1.54) is 17.1 Å². The lowest BCUT2D eigenvalue weighted by Crippen LogP contribution is -2.17. The van der Waals surface area contributed by atoms with Gasteiger partial charge in [0.15, 0.2) is 0 Å². The van der Waals surface area contributed by atoms with Gasteiger partial charge in [-0.3, -0.25) is 0 Å². The van der Waals surface area contributed by atoms with E-state index >= 15 is 0 Å². The molecule has 0 aliphatic rings. The van der Waals surface area contributed by atoms with Gasteiger partial charge < -0.3 is 9.64 Å². The lowest BCUT2D eigenvalue weighted by Gasteiger charge is -2.17. The van der Waals surface area contributed by atoms with Crippen LogP contribution in [0.3, 0.4) is 0 Å². The Balaban J connectivity index is 1.92. The Hall–Kier alpha value is -1.73. The topological polar surface area (TPSA) is 51.1 Å². The molecule has 5 nitrogen and oxygen atoms in total. The van der Waals surface area contributed by atoms with Crippen LogP contribution in [0.2, 0.25) is 0 Å². The normalized spacial score (nSPS) is 10.9. The van der Waals surface area contributed by atoms with Gasteiger partial charge in [0.05, 0.1) is 19.0 Å². The fraction of sp³-hybridized carbons (Fsp3) is 0.308. The SMILES string of the molecule is COc1cc(CN(C)c2ncnc3scc(C)c23)sn1. The zero-order valence-corrected chi connectivity index (χ0v) is 13.1. The average molecular weight is 306 g/mol. The van der Waals surface area contributed by atoms with Gasteiger partial charge in [0, 0.05) is 18.0 Å². The van der Waals surface area contributed by atoms with Gasteiger partial charge >= 0.3 is 0 Å². The standard InChI is InChI=1S/C13H14N4OS2/c1-8-6-19-13-11(8)12(14-7-15-13)17(2)5-9-4-10(18-3)16-20-9/h4,6-7H,5H2,1-3H3. The molecule has 0 unspecified atom stereocenters. The van der Waals surface area contributed by atoms with Crippen molar-refractivity contribution in [1.82, 2.24) is 14.3 Å². The molecule has 0 atom stereocenters. The molecule has 3 rings (SSSR count). The van der Waals surface area contributed by atoms with Gasteiger partial charge in [-0.25, -0.2) is 9.97 Å². The molecule has 0 amide bonds. The van der Waals surface area contributed by atoms with Crippen molar-refractivity contribution in [2.45, 2.75) is 13.5 Å². The van der Waals surface area contributed by atoms with Crippen molar-refractivity contribution in [3.05, 3.63) is 28.2 Å². The summed E-state index contributed by atoms with van der Waals surface area (Å²) in [6.07, 6.45) is 1.62. The summed E-state index contributed by atoms with van der Waals surface area (Å²) in [7, 11) is 3.66. The van der Waals surface area contributed by atoms with E-state index in [1.807, 2.05) is 13.1 Å². The highest BCUT2D eigenvalue weighted by atomic mass is 32.1. The first kappa shape index (κ1) is 13.3. The first-order chi connectivity index (χ1) is 9.69. The summed E-state index contributed by atoms with van der Waals surface area (Å²) in [5.41, 5.74) is 1.22. The lowest BCUT2D eigenvalue weighted by molar-refractivity contribution is 0.402. The molecule has 0 radical (unpaired) electrons. The van der Waals surface area contributed by atoms with E-state index < -0.39 is 0 Å². The second kappa shape index (κ2) is 5.34. The number of hydrogen-bond donors (Lipinski definition) is 0. The number of nitrogens with zero attached hydrogens (tertiary/aromatic N) is 4. The average Bonchev–Trinajstić information content (AvgIpc) is 3.06. The minimum absolute atomic E-state index is 0.665. The van der Waals surface area contributed by atoms with E-state index in [9.17, 15) is 0 Å². The number of hydrogen-bond acceptors (Lipinski definition) is 7. The Morgan fingerprint density at radius 1 is 1.35 bits per heavy atom. The number of ether oxygens (including phenoxy) is 1. The van der Waals surface area contributed by atoms with E-state index in [2.05, 4.69) is 31.5 Å². The van der Waals surface area contributed by atoms with Crippen LogP contribution in [0.5, 0.6) is 5.88 Å². The summed E-state index contributed by atoms with van der Waals surface area (Å²) < 4.78 is 9.33. The van der Waals surface area contributed by atoms with Crippen molar-refractivity contribution in [3.63, 3.8) is 0 Å². The quantitative estimate of drug-likeness (QED) is 0.741. The number of fused-ring (bicyclic) bond motifs is 1. The van der Waals surface area contributed by atoms with Crippen LogP contribution in [-0.2, 0) is 6.54 Å². The zero-order valence-electron chi connectivity index (χ0n) is 11.5. The Kier molecular flexibility index (Phi) is 3.54. The van der Waals surface area contributed by atoms with Gasteiger partial charge in [0.2, 0.25) is 5.88 Å². The number of aromatic nitrogens is 3. The van der Waals surface area contributed by atoms with E-state index in [-0.39, 0.29) is 0 Å². The van der Waals surface area contributed by atoms with Crippen LogP contribution in [0.25, 0.3) is 10.2 Å². The maximum absolute atomic E-state index is 5.12. The Morgan fingerprint density at radius 3 is 2.95 bits per heavy atom. The van der Waals surface area contributed by atoms with Crippen LogP contribution >= 0.6 is 22.9 Å². The molecule has 0 fully saturated rings. The van der Waals surface area contributed by atoms with Crippen molar-refractivity contribution < 1.29 is 4.74 Å². The fourth-order valence-electron chi connectivity index (χ4n) is 2.06. The van der Waals surface area contributed by atoms with Crippen molar-refractivity contribution in [2.75, 3.05) is 19.1 Å². The Labute approximate surface area is 125 Å². The summed E-state index contributed by atoms with van der Waals surface area (Å²) >= 11 is 3.10. The van der Waals surface area contributed by atoms with Gasteiger partial charge in [0.1, 0.15) is 17.0 Å². The Bertz CT molecular complexity index is 737. The molecular formula is C13H14N4OS2. The predicted octanol–water partition coefficient (Wildman–Crippen LogP) is 3.10. The van der Waals surface area contributed by atoms with Gasteiger partial charge in [-0.2, -0.15) is 4.37 Å². The van der Waals surface area contributed by atoms with Gasteiger partial charge in [0.25, 0.3) is 0 Å². The van der Waals surface area contributed by atoms with E-state index in [1.54, 1.807) is 24.8 Å². The predicted molar refractivity (Wildman–Crippen MR) is 82.9 cm³/mol. The van der Waals surface area contributed by atoms with Gasteiger partial charge in [-0.1, -0.05) is 0 Å². The van der Waals surface area contributed by atoms with Crippen LogP contribution in [-0.4, -0.2) is 28.5 Å². The number of thiophene rings is 1. The third-order valence-corrected chi connectivity index (χ3v) is 4.79. The molecule has 0 aliphatic heterocycles. The summed E-state index contributed by atoms with van der Waals surface area (Å²) in [5.74, 6) is 1.62. The first-order valence-corrected chi connectivity index (χ1v) is 7.74. The molecule has 0 N–H and O–H groups in total. The monoisotopic (exact) mass is 306 g/mol. The summed E-state index contributed by atoms with van der Waals surface area (Å²) in [6.45, 7) is 2.84. The minimum Gasteiger partial charge on any atom is -0.480 e.